The van der Waals surface area contributed by atoms with E-state index < -0.39 is 16.9 Å². The second kappa shape index (κ2) is 11.0. The summed E-state index contributed by atoms with van der Waals surface area (Å²) in [5.41, 5.74) is -0.514. The molecule has 1 amide bonds. The van der Waals surface area contributed by atoms with Crippen molar-refractivity contribution in [1.82, 2.24) is 14.0 Å². The summed E-state index contributed by atoms with van der Waals surface area (Å²) in [4.78, 5) is 39.5. The summed E-state index contributed by atoms with van der Waals surface area (Å²) < 4.78 is 13.6. The first-order chi connectivity index (χ1) is 15.6. The molecule has 0 aliphatic carbocycles. The third-order valence-corrected chi connectivity index (χ3v) is 5.80. The number of benzene rings is 1. The molecule has 33 heavy (non-hydrogen) atoms. The first-order valence-electron chi connectivity index (χ1n) is 11.2. The molecule has 0 saturated carbocycles. The number of hydrogen-bond donors (Lipinski definition) is 0. The Bertz CT molecular complexity index is 1060. The molecule has 0 bridgehead atoms. The lowest BCUT2D eigenvalue weighted by Crippen LogP contribution is -2.44. The zero-order chi connectivity index (χ0) is 24.0. The van der Waals surface area contributed by atoms with E-state index in [0.29, 0.717) is 26.1 Å². The first-order valence-corrected chi connectivity index (χ1v) is 11.6. The molecule has 2 heterocycles. The van der Waals surface area contributed by atoms with E-state index >= 15 is 0 Å². The van der Waals surface area contributed by atoms with Gasteiger partial charge >= 0.3 is 11.8 Å². The predicted molar refractivity (Wildman–Crippen MR) is 126 cm³/mol. The number of aromatic nitrogens is 2. The average molecular weight is 478 g/mol. The maximum atomic E-state index is 12.9. The van der Waals surface area contributed by atoms with Crippen molar-refractivity contribution in [1.29, 1.82) is 0 Å². The fraction of sp³-hybridized carbons (Fsp3) is 0.542. The zero-order valence-corrected chi connectivity index (χ0v) is 20.2. The van der Waals surface area contributed by atoms with E-state index in [1.807, 2.05) is 51.1 Å². The summed E-state index contributed by atoms with van der Waals surface area (Å²) in [6.07, 6.45) is 2.06. The molecule has 9 heteroatoms. The summed E-state index contributed by atoms with van der Waals surface area (Å²) in [6, 6.07) is 10.8. The molecule has 1 atom stereocenters. The van der Waals surface area contributed by atoms with Gasteiger partial charge in [0.05, 0.1) is 6.61 Å². The van der Waals surface area contributed by atoms with Crippen LogP contribution < -0.4 is 11.2 Å². The van der Waals surface area contributed by atoms with Gasteiger partial charge in [0, 0.05) is 25.7 Å². The first kappa shape index (κ1) is 25.1. The number of ether oxygens (including phenoxy) is 2. The Kier molecular flexibility index (Phi) is 8.37. The minimum Gasteiger partial charge on any atom is -0.444 e. The summed E-state index contributed by atoms with van der Waals surface area (Å²) in [6.45, 7) is 7.24. The highest BCUT2D eigenvalue weighted by Crippen LogP contribution is 2.22. The molecule has 1 aromatic heterocycles. The lowest BCUT2D eigenvalue weighted by Gasteiger charge is -2.34. The van der Waals surface area contributed by atoms with E-state index in [1.54, 1.807) is 4.90 Å². The van der Waals surface area contributed by atoms with Gasteiger partial charge in [0.15, 0.2) is 0 Å². The maximum Gasteiger partial charge on any atom is 0.410 e. The van der Waals surface area contributed by atoms with Gasteiger partial charge < -0.3 is 14.4 Å². The van der Waals surface area contributed by atoms with Crippen LogP contribution in [0.3, 0.4) is 0 Å². The minimum absolute atomic E-state index is 0.0445. The van der Waals surface area contributed by atoms with Crippen LogP contribution in [0.15, 0.2) is 46.0 Å². The van der Waals surface area contributed by atoms with E-state index in [0.717, 1.165) is 18.4 Å². The molecule has 8 nitrogen and oxygen atoms in total. The van der Waals surface area contributed by atoms with Gasteiger partial charge in [-0.15, -0.1) is 0 Å². The molecule has 180 valence electrons. The SMILES string of the molecule is CC(C)(C)OC(=O)N1CCCC(CCn2c(=O)cc(Cl)n(COCc3ccccc3)c2=O)C1. The highest BCUT2D eigenvalue weighted by atomic mass is 35.5. The van der Waals surface area contributed by atoms with E-state index in [2.05, 4.69) is 0 Å². The molecule has 1 unspecified atom stereocenters. The molecular formula is C24H32ClN3O5. The Morgan fingerprint density at radius 3 is 2.58 bits per heavy atom. The van der Waals surface area contributed by atoms with Crippen LogP contribution in [0.5, 0.6) is 0 Å². The van der Waals surface area contributed by atoms with Crippen molar-refractivity contribution in [2.75, 3.05) is 13.1 Å². The van der Waals surface area contributed by atoms with Gasteiger partial charge in [0.25, 0.3) is 5.56 Å². The molecule has 1 aromatic carbocycles. The van der Waals surface area contributed by atoms with Crippen LogP contribution in [-0.2, 0) is 29.4 Å². The van der Waals surface area contributed by atoms with Crippen molar-refractivity contribution < 1.29 is 14.3 Å². The molecule has 0 N–H and O–H groups in total. The molecule has 0 radical (unpaired) electrons. The largest absolute Gasteiger partial charge is 0.444 e. The van der Waals surface area contributed by atoms with E-state index in [1.165, 1.54) is 15.2 Å². The van der Waals surface area contributed by atoms with Crippen molar-refractivity contribution >= 4 is 17.7 Å². The second-order valence-corrected chi connectivity index (χ2v) is 9.74. The Balaban J connectivity index is 1.62. The third-order valence-electron chi connectivity index (χ3n) is 5.49. The summed E-state index contributed by atoms with van der Waals surface area (Å²) in [5.74, 6) is 0.177. The fourth-order valence-electron chi connectivity index (χ4n) is 3.85. The highest BCUT2D eigenvalue weighted by Gasteiger charge is 2.27. The fourth-order valence-corrected chi connectivity index (χ4v) is 4.06. The predicted octanol–water partition coefficient (Wildman–Crippen LogP) is 3.87. The topological polar surface area (TPSA) is 82.8 Å². The summed E-state index contributed by atoms with van der Waals surface area (Å²) in [7, 11) is 0. The Morgan fingerprint density at radius 2 is 1.88 bits per heavy atom. The molecule has 1 saturated heterocycles. The van der Waals surface area contributed by atoms with Gasteiger partial charge in [0.1, 0.15) is 17.5 Å². The van der Waals surface area contributed by atoms with Crippen molar-refractivity contribution in [3.8, 4) is 0 Å². The number of piperidine rings is 1. The smallest absolute Gasteiger partial charge is 0.410 e. The minimum atomic E-state index is -0.547. The quantitative estimate of drug-likeness (QED) is 0.565. The van der Waals surface area contributed by atoms with Crippen LogP contribution in [0.2, 0.25) is 5.15 Å². The lowest BCUT2D eigenvalue weighted by atomic mass is 9.95. The normalized spacial score (nSPS) is 16.6. The molecule has 1 fully saturated rings. The average Bonchev–Trinajstić information content (AvgIpc) is 2.75. The van der Waals surface area contributed by atoms with Crippen LogP contribution in [0.1, 0.15) is 45.6 Å². The molecule has 2 aromatic rings. The molecule has 1 aliphatic rings. The van der Waals surface area contributed by atoms with Gasteiger partial charge in [-0.1, -0.05) is 41.9 Å². The number of rotatable bonds is 7. The van der Waals surface area contributed by atoms with E-state index in [-0.39, 0.29) is 30.4 Å². The number of likely N-dealkylation sites (tertiary alicyclic amines) is 1. The Labute approximate surface area is 198 Å². The van der Waals surface area contributed by atoms with E-state index in [9.17, 15) is 14.4 Å². The number of amides is 1. The molecule has 1 aliphatic heterocycles. The monoisotopic (exact) mass is 477 g/mol. The maximum absolute atomic E-state index is 12.9. The van der Waals surface area contributed by atoms with Crippen molar-refractivity contribution in [3.05, 3.63) is 68.0 Å². The number of carbonyl (C=O) groups excluding carboxylic acids is 1. The number of nitrogens with zero attached hydrogens (tertiary/aromatic N) is 3. The molecule has 0 spiro atoms. The van der Waals surface area contributed by atoms with Crippen LogP contribution in [0.4, 0.5) is 4.79 Å². The summed E-state index contributed by atoms with van der Waals surface area (Å²) in [5, 5.41) is 0.0445. The van der Waals surface area contributed by atoms with E-state index in [4.69, 9.17) is 21.1 Å². The highest BCUT2D eigenvalue weighted by molar-refractivity contribution is 6.29. The van der Waals surface area contributed by atoms with Crippen molar-refractivity contribution in [2.24, 2.45) is 5.92 Å². The van der Waals surface area contributed by atoms with Crippen molar-refractivity contribution in [3.63, 3.8) is 0 Å². The third kappa shape index (κ3) is 7.20. The standard InChI is InChI=1S/C24H32ClN3O5/c1-24(2,3)33-23(31)26-12-7-10-18(15-26)11-13-27-21(29)14-20(25)28(22(27)30)17-32-16-19-8-5-4-6-9-19/h4-6,8-9,14,18H,7,10-13,15-17H2,1-3H3. The van der Waals surface area contributed by atoms with Crippen molar-refractivity contribution in [2.45, 2.75) is 65.5 Å². The Hall–Kier alpha value is -2.58. The van der Waals surface area contributed by atoms with Gasteiger partial charge in [-0.2, -0.15) is 0 Å². The van der Waals surface area contributed by atoms with Gasteiger partial charge in [-0.05, 0) is 51.5 Å². The zero-order valence-electron chi connectivity index (χ0n) is 19.5. The van der Waals surface area contributed by atoms with Gasteiger partial charge in [-0.3, -0.25) is 13.9 Å². The molecule has 3 rings (SSSR count). The molecular weight excluding hydrogens is 446 g/mol. The summed E-state index contributed by atoms with van der Waals surface area (Å²) >= 11 is 6.16. The van der Waals surface area contributed by atoms with Crippen LogP contribution in [-0.4, -0.2) is 38.8 Å². The van der Waals surface area contributed by atoms with Crippen LogP contribution in [0, 0.1) is 5.92 Å². The van der Waals surface area contributed by atoms with Gasteiger partial charge in [-0.25, -0.2) is 9.59 Å². The van der Waals surface area contributed by atoms with Crippen LogP contribution in [0.25, 0.3) is 0 Å². The second-order valence-electron chi connectivity index (χ2n) is 9.35. The Morgan fingerprint density at radius 1 is 1.15 bits per heavy atom. The number of halogens is 1. The number of hydrogen-bond acceptors (Lipinski definition) is 5. The number of carbonyl (C=O) groups is 1. The van der Waals surface area contributed by atoms with Gasteiger partial charge in [0.2, 0.25) is 0 Å². The van der Waals surface area contributed by atoms with Crippen LogP contribution >= 0.6 is 11.6 Å². The lowest BCUT2D eigenvalue weighted by molar-refractivity contribution is 0.0159.